The van der Waals surface area contributed by atoms with Crippen LogP contribution < -0.4 is 0 Å². The minimum Gasteiger partial charge on any atom is -0.289 e. The number of alkyl halides is 3. The van der Waals surface area contributed by atoms with Gasteiger partial charge in [-0.1, -0.05) is 18.2 Å². The standard InChI is InChI=1S/C14H7BrF4O/c15-11-6-5-8(7-12(11)16)13(20)9-3-1-2-4-10(9)14(17,18)19/h1-7H. The molecule has 0 heterocycles. The first-order valence-corrected chi connectivity index (χ1v) is 6.26. The van der Waals surface area contributed by atoms with Crippen molar-refractivity contribution in [1.82, 2.24) is 0 Å². The van der Waals surface area contributed by atoms with Crippen molar-refractivity contribution in [3.63, 3.8) is 0 Å². The first kappa shape index (κ1) is 14.7. The first-order chi connectivity index (χ1) is 9.30. The number of hydrogen-bond acceptors (Lipinski definition) is 1. The van der Waals surface area contributed by atoms with Crippen LogP contribution in [-0.2, 0) is 6.18 Å². The van der Waals surface area contributed by atoms with Crippen molar-refractivity contribution in [2.24, 2.45) is 0 Å². The van der Waals surface area contributed by atoms with Gasteiger partial charge in [0.1, 0.15) is 5.82 Å². The number of hydrogen-bond donors (Lipinski definition) is 0. The van der Waals surface area contributed by atoms with Crippen molar-refractivity contribution in [3.8, 4) is 0 Å². The van der Waals surface area contributed by atoms with Crippen LogP contribution in [0.15, 0.2) is 46.9 Å². The van der Waals surface area contributed by atoms with Gasteiger partial charge in [0, 0.05) is 11.1 Å². The van der Waals surface area contributed by atoms with Gasteiger partial charge in [-0.25, -0.2) is 4.39 Å². The van der Waals surface area contributed by atoms with Crippen LogP contribution in [-0.4, -0.2) is 5.78 Å². The normalized spacial score (nSPS) is 11.4. The molecule has 1 nitrogen and oxygen atoms in total. The third-order valence-electron chi connectivity index (χ3n) is 2.66. The highest BCUT2D eigenvalue weighted by atomic mass is 79.9. The molecular weight excluding hydrogens is 340 g/mol. The molecule has 2 aromatic carbocycles. The molecule has 0 N–H and O–H groups in total. The van der Waals surface area contributed by atoms with Gasteiger partial charge in [0.05, 0.1) is 10.0 Å². The highest BCUT2D eigenvalue weighted by molar-refractivity contribution is 9.10. The monoisotopic (exact) mass is 346 g/mol. The van der Waals surface area contributed by atoms with E-state index in [-0.39, 0.29) is 10.0 Å². The molecule has 0 saturated carbocycles. The summed E-state index contributed by atoms with van der Waals surface area (Å²) in [5.74, 6) is -1.58. The molecule has 0 aliphatic carbocycles. The van der Waals surface area contributed by atoms with E-state index >= 15 is 0 Å². The number of rotatable bonds is 2. The Morgan fingerprint density at radius 2 is 1.70 bits per heavy atom. The Balaban J connectivity index is 2.51. The fourth-order valence-electron chi connectivity index (χ4n) is 1.72. The lowest BCUT2D eigenvalue weighted by atomic mass is 9.98. The quantitative estimate of drug-likeness (QED) is 0.561. The smallest absolute Gasteiger partial charge is 0.289 e. The molecule has 20 heavy (non-hydrogen) atoms. The molecular formula is C14H7BrF4O. The lowest BCUT2D eigenvalue weighted by molar-refractivity contribution is -0.137. The minimum absolute atomic E-state index is 0.137. The topological polar surface area (TPSA) is 17.1 Å². The van der Waals surface area contributed by atoms with E-state index in [1.807, 2.05) is 0 Å². The fraction of sp³-hybridized carbons (Fsp3) is 0.0714. The molecule has 0 unspecified atom stereocenters. The average Bonchev–Trinajstić information content (AvgIpc) is 2.40. The van der Waals surface area contributed by atoms with Crippen LogP contribution in [0, 0.1) is 5.82 Å². The molecule has 0 saturated heterocycles. The molecule has 0 aliphatic rings. The van der Waals surface area contributed by atoms with Gasteiger partial charge in [0.25, 0.3) is 0 Å². The molecule has 2 aromatic rings. The molecule has 0 fully saturated rings. The van der Waals surface area contributed by atoms with E-state index in [1.54, 1.807) is 0 Å². The molecule has 0 radical (unpaired) electrons. The Morgan fingerprint density at radius 3 is 2.30 bits per heavy atom. The third-order valence-corrected chi connectivity index (χ3v) is 3.30. The van der Waals surface area contributed by atoms with Crippen molar-refractivity contribution in [2.45, 2.75) is 6.18 Å². The summed E-state index contributed by atoms with van der Waals surface area (Å²) in [6.45, 7) is 0. The van der Waals surface area contributed by atoms with E-state index in [2.05, 4.69) is 15.9 Å². The molecule has 6 heteroatoms. The van der Waals surface area contributed by atoms with E-state index in [4.69, 9.17) is 0 Å². The Hall–Kier alpha value is -1.69. The summed E-state index contributed by atoms with van der Waals surface area (Å²) >= 11 is 2.91. The predicted molar refractivity (Wildman–Crippen MR) is 69.0 cm³/mol. The largest absolute Gasteiger partial charge is 0.417 e. The minimum atomic E-state index is -4.64. The van der Waals surface area contributed by atoms with E-state index < -0.39 is 28.9 Å². The third kappa shape index (κ3) is 2.90. The Morgan fingerprint density at radius 1 is 1.05 bits per heavy atom. The van der Waals surface area contributed by atoms with E-state index in [1.165, 1.54) is 24.3 Å². The van der Waals surface area contributed by atoms with Crippen molar-refractivity contribution in [3.05, 3.63) is 69.4 Å². The number of carbonyl (C=O) groups is 1. The highest BCUT2D eigenvalue weighted by Gasteiger charge is 2.35. The zero-order valence-electron chi connectivity index (χ0n) is 9.84. The van der Waals surface area contributed by atoms with Crippen LogP contribution in [0.25, 0.3) is 0 Å². The number of carbonyl (C=O) groups excluding carboxylic acids is 1. The van der Waals surface area contributed by atoms with Gasteiger partial charge in [0.2, 0.25) is 0 Å². The summed E-state index contributed by atoms with van der Waals surface area (Å²) in [5.41, 5.74) is -1.67. The number of benzene rings is 2. The molecule has 0 amide bonds. The van der Waals surface area contributed by atoms with Gasteiger partial charge >= 0.3 is 6.18 Å². The summed E-state index contributed by atoms with van der Waals surface area (Å²) in [6, 6.07) is 7.87. The van der Waals surface area contributed by atoms with Crippen LogP contribution in [0.1, 0.15) is 21.5 Å². The Kier molecular flexibility index (Phi) is 3.94. The molecule has 0 atom stereocenters. The number of halogens is 5. The fourth-order valence-corrected chi connectivity index (χ4v) is 1.97. The Labute approximate surface area is 120 Å². The molecule has 0 spiro atoms. The van der Waals surface area contributed by atoms with Gasteiger partial charge < -0.3 is 0 Å². The maximum Gasteiger partial charge on any atom is 0.417 e. The SMILES string of the molecule is O=C(c1ccc(Br)c(F)c1)c1ccccc1C(F)(F)F. The van der Waals surface area contributed by atoms with Crippen LogP contribution in [0.2, 0.25) is 0 Å². The van der Waals surface area contributed by atoms with Crippen LogP contribution in [0.5, 0.6) is 0 Å². The summed E-state index contributed by atoms with van der Waals surface area (Å²) in [7, 11) is 0. The lowest BCUT2D eigenvalue weighted by Gasteiger charge is -2.11. The van der Waals surface area contributed by atoms with Crippen molar-refractivity contribution in [1.29, 1.82) is 0 Å². The van der Waals surface area contributed by atoms with Crippen LogP contribution >= 0.6 is 15.9 Å². The van der Waals surface area contributed by atoms with Crippen molar-refractivity contribution in [2.75, 3.05) is 0 Å². The molecule has 2 rings (SSSR count). The molecule has 104 valence electrons. The van der Waals surface area contributed by atoms with Crippen molar-refractivity contribution < 1.29 is 22.4 Å². The second-order valence-electron chi connectivity index (χ2n) is 4.00. The van der Waals surface area contributed by atoms with Crippen LogP contribution in [0.4, 0.5) is 17.6 Å². The summed E-state index contributed by atoms with van der Waals surface area (Å²) in [4.78, 5) is 12.1. The molecule has 0 aliphatic heterocycles. The maximum absolute atomic E-state index is 13.4. The second kappa shape index (κ2) is 5.36. The maximum atomic E-state index is 13.4. The van der Waals surface area contributed by atoms with E-state index in [0.29, 0.717) is 0 Å². The molecule has 0 aromatic heterocycles. The van der Waals surface area contributed by atoms with Gasteiger partial charge in [-0.2, -0.15) is 13.2 Å². The summed E-state index contributed by atoms with van der Waals surface area (Å²) in [6.07, 6.45) is -4.64. The second-order valence-corrected chi connectivity index (χ2v) is 4.86. The zero-order valence-corrected chi connectivity index (χ0v) is 11.4. The summed E-state index contributed by atoms with van der Waals surface area (Å²) < 4.78 is 52.0. The first-order valence-electron chi connectivity index (χ1n) is 5.46. The van der Waals surface area contributed by atoms with Gasteiger partial charge in [-0.05, 0) is 40.2 Å². The Bertz CT molecular complexity index is 664. The number of ketones is 1. The van der Waals surface area contributed by atoms with E-state index in [9.17, 15) is 22.4 Å². The lowest BCUT2D eigenvalue weighted by Crippen LogP contribution is -2.13. The van der Waals surface area contributed by atoms with Gasteiger partial charge in [-0.3, -0.25) is 4.79 Å². The van der Waals surface area contributed by atoms with Crippen LogP contribution in [0.3, 0.4) is 0 Å². The zero-order chi connectivity index (χ0) is 14.9. The summed E-state index contributed by atoms with van der Waals surface area (Å²) in [5, 5.41) is 0. The molecule has 0 bridgehead atoms. The van der Waals surface area contributed by atoms with Gasteiger partial charge in [-0.15, -0.1) is 0 Å². The van der Waals surface area contributed by atoms with Crippen molar-refractivity contribution >= 4 is 21.7 Å². The van der Waals surface area contributed by atoms with Gasteiger partial charge in [0.15, 0.2) is 5.78 Å². The van der Waals surface area contributed by atoms with E-state index in [0.717, 1.165) is 18.2 Å². The predicted octanol–water partition coefficient (Wildman–Crippen LogP) is 4.84. The highest BCUT2D eigenvalue weighted by Crippen LogP contribution is 2.33. The average molecular weight is 347 g/mol.